The van der Waals surface area contributed by atoms with E-state index in [1.165, 1.54) is 24.8 Å². The summed E-state index contributed by atoms with van der Waals surface area (Å²) in [5.41, 5.74) is 8.20. The highest BCUT2D eigenvalue weighted by atomic mass is 32.1. The topological polar surface area (TPSA) is 48.1 Å². The number of anilines is 1. The van der Waals surface area contributed by atoms with E-state index < -0.39 is 0 Å². The highest BCUT2D eigenvalue weighted by Gasteiger charge is 2.27. The fourth-order valence-corrected chi connectivity index (χ4v) is 3.57. The molecule has 0 aromatic heterocycles. The molecule has 0 aliphatic heterocycles. The summed E-state index contributed by atoms with van der Waals surface area (Å²) in [6.07, 6.45) is 4.69. The largest absolute Gasteiger partial charge is 0.358 e. The number of hydrazine groups is 1. The van der Waals surface area contributed by atoms with Crippen LogP contribution in [0.3, 0.4) is 0 Å². The Morgan fingerprint density at radius 1 is 1.08 bits per heavy atom. The lowest BCUT2D eigenvalue weighted by Gasteiger charge is -2.35. The monoisotopic (exact) mass is 364 g/mol. The Morgan fingerprint density at radius 3 is 2.54 bits per heavy atom. The molecule has 1 saturated carbocycles. The number of rotatable bonds is 3. The number of hydrogen-bond acceptors (Lipinski definition) is 2. The first-order valence-corrected chi connectivity index (χ1v) is 9.54. The molecule has 4 nitrogen and oxygen atoms in total. The van der Waals surface area contributed by atoms with Crippen LogP contribution in [-0.2, 0) is 6.42 Å². The van der Waals surface area contributed by atoms with Crippen LogP contribution in [0.1, 0.15) is 45.6 Å². The van der Waals surface area contributed by atoms with Gasteiger partial charge >= 0.3 is 0 Å². The van der Waals surface area contributed by atoms with Crippen LogP contribution in [0.2, 0.25) is 0 Å². The van der Waals surface area contributed by atoms with Gasteiger partial charge in [0.1, 0.15) is 0 Å². The first kappa shape index (κ1) is 18.9. The summed E-state index contributed by atoms with van der Waals surface area (Å²) < 4.78 is 0. The van der Waals surface area contributed by atoms with Gasteiger partial charge in [0, 0.05) is 11.7 Å². The SMILES string of the molecule is CCc1ccccc1NC(=S)NNC(=S)N[C@H]1CCC[C@@H](C)[C@@H]1C. The summed E-state index contributed by atoms with van der Waals surface area (Å²) in [7, 11) is 0. The minimum atomic E-state index is 0.429. The second kappa shape index (κ2) is 9.18. The van der Waals surface area contributed by atoms with E-state index in [9.17, 15) is 0 Å². The quantitative estimate of drug-likeness (QED) is 0.484. The zero-order chi connectivity index (χ0) is 17.5. The lowest BCUT2D eigenvalue weighted by molar-refractivity contribution is 0.224. The van der Waals surface area contributed by atoms with Gasteiger partial charge in [-0.2, -0.15) is 0 Å². The van der Waals surface area contributed by atoms with E-state index in [0.717, 1.165) is 18.0 Å². The minimum absolute atomic E-state index is 0.429. The van der Waals surface area contributed by atoms with Crippen LogP contribution in [0, 0.1) is 11.8 Å². The molecule has 0 unspecified atom stereocenters. The third-order valence-electron chi connectivity index (χ3n) is 4.96. The Balaban J connectivity index is 1.78. The van der Waals surface area contributed by atoms with Crippen LogP contribution in [0.15, 0.2) is 24.3 Å². The molecule has 3 atom stereocenters. The molecule has 6 heteroatoms. The van der Waals surface area contributed by atoms with Gasteiger partial charge in [-0.05, 0) is 60.7 Å². The van der Waals surface area contributed by atoms with Crippen molar-refractivity contribution in [3.63, 3.8) is 0 Å². The van der Waals surface area contributed by atoms with Gasteiger partial charge in [-0.25, -0.2) is 0 Å². The molecule has 1 fully saturated rings. The fraction of sp³-hybridized carbons (Fsp3) is 0.556. The number of hydrogen-bond donors (Lipinski definition) is 4. The maximum Gasteiger partial charge on any atom is 0.189 e. The first-order valence-electron chi connectivity index (χ1n) is 8.72. The third-order valence-corrected chi connectivity index (χ3v) is 5.38. The molecule has 1 aliphatic carbocycles. The summed E-state index contributed by atoms with van der Waals surface area (Å²) >= 11 is 10.7. The number of thiocarbonyl (C=S) groups is 2. The second-order valence-electron chi connectivity index (χ2n) is 6.56. The first-order chi connectivity index (χ1) is 11.5. The van der Waals surface area contributed by atoms with E-state index in [1.807, 2.05) is 18.2 Å². The summed E-state index contributed by atoms with van der Waals surface area (Å²) in [5, 5.41) is 7.71. The molecule has 0 heterocycles. The van der Waals surface area contributed by atoms with Gasteiger partial charge in [-0.15, -0.1) is 0 Å². The van der Waals surface area contributed by atoms with Gasteiger partial charge in [0.05, 0.1) is 0 Å². The maximum absolute atomic E-state index is 5.39. The van der Waals surface area contributed by atoms with Gasteiger partial charge < -0.3 is 10.6 Å². The summed E-state index contributed by atoms with van der Waals surface area (Å²) in [5.74, 6) is 1.36. The maximum atomic E-state index is 5.39. The molecular formula is C18H28N4S2. The van der Waals surface area contributed by atoms with E-state index in [4.69, 9.17) is 24.4 Å². The third kappa shape index (κ3) is 5.31. The Kier molecular flexibility index (Phi) is 7.24. The molecule has 1 aromatic rings. The van der Waals surface area contributed by atoms with E-state index in [0.29, 0.717) is 22.2 Å². The Bertz CT molecular complexity index is 576. The second-order valence-corrected chi connectivity index (χ2v) is 7.38. The van der Waals surface area contributed by atoms with Crippen LogP contribution in [0.25, 0.3) is 0 Å². The lowest BCUT2D eigenvalue weighted by Crippen LogP contribution is -2.53. The molecule has 0 radical (unpaired) electrons. The number of aryl methyl sites for hydroxylation is 1. The predicted molar refractivity (Wildman–Crippen MR) is 110 cm³/mol. The number of benzene rings is 1. The summed E-state index contributed by atoms with van der Waals surface area (Å²) in [6.45, 7) is 6.74. The molecule has 0 amide bonds. The van der Waals surface area contributed by atoms with Crippen LogP contribution in [-0.4, -0.2) is 16.3 Å². The van der Waals surface area contributed by atoms with E-state index in [1.54, 1.807) is 0 Å². The highest BCUT2D eigenvalue weighted by Crippen LogP contribution is 2.29. The van der Waals surface area contributed by atoms with Crippen molar-refractivity contribution in [2.24, 2.45) is 11.8 Å². The van der Waals surface area contributed by atoms with Gasteiger partial charge in [-0.3, -0.25) is 10.9 Å². The van der Waals surface area contributed by atoms with E-state index in [-0.39, 0.29) is 0 Å². The van der Waals surface area contributed by atoms with Gasteiger partial charge in [0.15, 0.2) is 10.2 Å². The molecule has 4 N–H and O–H groups in total. The highest BCUT2D eigenvalue weighted by molar-refractivity contribution is 7.80. The fourth-order valence-electron chi connectivity index (χ4n) is 3.21. The van der Waals surface area contributed by atoms with Crippen molar-refractivity contribution in [1.82, 2.24) is 16.2 Å². The summed E-state index contributed by atoms with van der Waals surface area (Å²) in [6, 6.07) is 8.57. The standard InChI is InChI=1S/C18H28N4S2/c1-4-14-9-5-6-10-16(14)20-18(24)22-21-17(23)19-15-11-7-8-12(2)13(15)3/h5-6,9-10,12-13,15H,4,7-8,11H2,1-3H3,(H2,19,21,23)(H2,20,22,24)/t12-,13+,15+/m1/s1. The van der Waals surface area contributed by atoms with Crippen LogP contribution >= 0.6 is 24.4 Å². The Hall–Kier alpha value is -1.40. The number of para-hydroxylation sites is 1. The van der Waals surface area contributed by atoms with Crippen molar-refractivity contribution in [1.29, 1.82) is 0 Å². The predicted octanol–water partition coefficient (Wildman–Crippen LogP) is 3.74. The van der Waals surface area contributed by atoms with Crippen LogP contribution < -0.4 is 21.5 Å². The molecule has 0 saturated heterocycles. The van der Waals surface area contributed by atoms with Crippen molar-refractivity contribution in [2.45, 2.75) is 52.5 Å². The average Bonchev–Trinajstić information content (AvgIpc) is 2.58. The van der Waals surface area contributed by atoms with Gasteiger partial charge in [-0.1, -0.05) is 51.8 Å². The minimum Gasteiger partial charge on any atom is -0.358 e. The van der Waals surface area contributed by atoms with Gasteiger partial charge in [0.25, 0.3) is 0 Å². The Labute approximate surface area is 156 Å². The zero-order valence-electron chi connectivity index (χ0n) is 14.7. The smallest absolute Gasteiger partial charge is 0.189 e. The van der Waals surface area contributed by atoms with Crippen molar-refractivity contribution in [2.75, 3.05) is 5.32 Å². The molecule has 2 rings (SSSR count). The molecule has 0 bridgehead atoms. The van der Waals surface area contributed by atoms with Crippen molar-refractivity contribution >= 4 is 40.3 Å². The van der Waals surface area contributed by atoms with Crippen LogP contribution in [0.4, 0.5) is 5.69 Å². The molecule has 1 aromatic carbocycles. The zero-order valence-corrected chi connectivity index (χ0v) is 16.3. The van der Waals surface area contributed by atoms with E-state index >= 15 is 0 Å². The van der Waals surface area contributed by atoms with Crippen molar-refractivity contribution < 1.29 is 0 Å². The number of nitrogens with one attached hydrogen (secondary N) is 4. The van der Waals surface area contributed by atoms with Crippen molar-refractivity contribution in [3.8, 4) is 0 Å². The van der Waals surface area contributed by atoms with Gasteiger partial charge in [0.2, 0.25) is 0 Å². The molecule has 1 aliphatic rings. The van der Waals surface area contributed by atoms with E-state index in [2.05, 4.69) is 48.3 Å². The molecule has 0 spiro atoms. The molecule has 132 valence electrons. The van der Waals surface area contributed by atoms with Crippen LogP contribution in [0.5, 0.6) is 0 Å². The van der Waals surface area contributed by atoms with Crippen molar-refractivity contribution in [3.05, 3.63) is 29.8 Å². The molecular weight excluding hydrogens is 336 g/mol. The molecule has 24 heavy (non-hydrogen) atoms. The lowest BCUT2D eigenvalue weighted by atomic mass is 9.78. The Morgan fingerprint density at radius 2 is 1.79 bits per heavy atom. The average molecular weight is 365 g/mol. The summed E-state index contributed by atoms with van der Waals surface area (Å²) in [4.78, 5) is 0. The normalized spacial score (nSPS) is 23.2.